The third-order valence-electron chi connectivity index (χ3n) is 1.81. The number of hydrogen-bond donors (Lipinski definition) is 1. The molecular weight excluding hydrogens is 187 g/mol. The zero-order valence-corrected chi connectivity index (χ0v) is 7.36. The van der Waals surface area contributed by atoms with Crippen molar-refractivity contribution < 1.29 is 4.39 Å². The minimum absolute atomic E-state index is 0.365. The van der Waals surface area contributed by atoms with Gasteiger partial charge in [0.05, 0.1) is 11.9 Å². The van der Waals surface area contributed by atoms with Gasteiger partial charge >= 0.3 is 5.69 Å². The highest BCUT2D eigenvalue weighted by Crippen LogP contribution is 2.04. The number of nitrogens with zero attached hydrogens (tertiary/aromatic N) is 3. The third kappa shape index (κ3) is 1.30. The van der Waals surface area contributed by atoms with Gasteiger partial charge in [0.15, 0.2) is 0 Å². The van der Waals surface area contributed by atoms with Crippen LogP contribution in [0.1, 0.15) is 5.82 Å². The molecule has 2 rings (SSSR count). The Bertz CT molecular complexity index is 499. The van der Waals surface area contributed by atoms with Gasteiger partial charge in [-0.2, -0.15) is 9.49 Å². The molecule has 0 fully saturated rings. The minimum atomic E-state index is -0.581. The summed E-state index contributed by atoms with van der Waals surface area (Å²) in [6, 6.07) is 2.65. The molecule has 0 spiro atoms. The van der Waals surface area contributed by atoms with Gasteiger partial charge in [-0.15, -0.1) is 0 Å². The van der Waals surface area contributed by atoms with Crippen LogP contribution >= 0.6 is 0 Å². The quantitative estimate of drug-likeness (QED) is 0.668. The molecule has 2 aromatic heterocycles. The van der Waals surface area contributed by atoms with Crippen LogP contribution in [-0.4, -0.2) is 19.7 Å². The van der Waals surface area contributed by atoms with E-state index in [-0.39, 0.29) is 5.69 Å². The SMILES string of the molecule is Cc1n[nH]c(=O)n1-c1ccc(F)nc1. The molecule has 0 aliphatic carbocycles. The number of rotatable bonds is 1. The van der Waals surface area contributed by atoms with Crippen molar-refractivity contribution >= 4 is 0 Å². The molecule has 0 unspecified atom stereocenters. The first kappa shape index (κ1) is 8.61. The van der Waals surface area contributed by atoms with E-state index in [0.29, 0.717) is 11.5 Å². The van der Waals surface area contributed by atoms with E-state index in [1.807, 2.05) is 0 Å². The largest absolute Gasteiger partial charge is 0.347 e. The van der Waals surface area contributed by atoms with Gasteiger partial charge < -0.3 is 0 Å². The monoisotopic (exact) mass is 194 g/mol. The van der Waals surface area contributed by atoms with Crippen LogP contribution in [0.2, 0.25) is 0 Å². The Morgan fingerprint density at radius 1 is 1.50 bits per heavy atom. The molecular formula is C8H7FN4O. The van der Waals surface area contributed by atoms with E-state index < -0.39 is 5.95 Å². The summed E-state index contributed by atoms with van der Waals surface area (Å²) in [4.78, 5) is 14.7. The van der Waals surface area contributed by atoms with Crippen molar-refractivity contribution in [3.63, 3.8) is 0 Å². The van der Waals surface area contributed by atoms with E-state index in [4.69, 9.17) is 0 Å². The maximum atomic E-state index is 12.5. The van der Waals surface area contributed by atoms with Crippen molar-refractivity contribution in [1.29, 1.82) is 0 Å². The molecule has 0 atom stereocenters. The molecule has 2 aromatic rings. The molecule has 0 aliphatic heterocycles. The summed E-state index contributed by atoms with van der Waals surface area (Å²) in [5.74, 6) is -0.0774. The van der Waals surface area contributed by atoms with Gasteiger partial charge in [-0.3, -0.25) is 0 Å². The molecule has 72 valence electrons. The number of aryl methyl sites for hydroxylation is 1. The molecule has 14 heavy (non-hydrogen) atoms. The van der Waals surface area contributed by atoms with Gasteiger partial charge in [0.25, 0.3) is 0 Å². The van der Waals surface area contributed by atoms with E-state index in [1.54, 1.807) is 6.92 Å². The zero-order valence-electron chi connectivity index (χ0n) is 7.36. The molecule has 5 nitrogen and oxygen atoms in total. The van der Waals surface area contributed by atoms with E-state index in [0.717, 1.165) is 0 Å². The van der Waals surface area contributed by atoms with Crippen LogP contribution in [0.5, 0.6) is 0 Å². The van der Waals surface area contributed by atoms with E-state index in [2.05, 4.69) is 15.2 Å². The van der Waals surface area contributed by atoms with Gasteiger partial charge in [0.2, 0.25) is 5.95 Å². The van der Waals surface area contributed by atoms with Gasteiger partial charge in [0.1, 0.15) is 5.82 Å². The Labute approximate surface area is 78.2 Å². The number of pyridine rings is 1. The van der Waals surface area contributed by atoms with Gasteiger partial charge in [0, 0.05) is 0 Å². The highest BCUT2D eigenvalue weighted by Gasteiger charge is 2.05. The van der Waals surface area contributed by atoms with Crippen molar-refractivity contribution in [2.24, 2.45) is 0 Å². The molecule has 0 saturated heterocycles. The summed E-state index contributed by atoms with van der Waals surface area (Å²) >= 11 is 0. The fraction of sp³-hybridized carbons (Fsp3) is 0.125. The lowest BCUT2D eigenvalue weighted by molar-refractivity contribution is 0.582. The summed E-state index contributed by atoms with van der Waals surface area (Å²) in [5, 5.41) is 6.00. The predicted octanol–water partition coefficient (Wildman–Crippen LogP) is 0.403. The van der Waals surface area contributed by atoms with Crippen LogP contribution in [0.25, 0.3) is 5.69 Å². The Hall–Kier alpha value is -1.98. The highest BCUT2D eigenvalue weighted by atomic mass is 19.1. The van der Waals surface area contributed by atoms with Crippen LogP contribution in [0, 0.1) is 12.9 Å². The van der Waals surface area contributed by atoms with Crippen molar-refractivity contribution in [2.75, 3.05) is 0 Å². The predicted molar refractivity (Wildman–Crippen MR) is 46.7 cm³/mol. The second-order valence-electron chi connectivity index (χ2n) is 2.75. The van der Waals surface area contributed by atoms with Crippen molar-refractivity contribution in [1.82, 2.24) is 19.7 Å². The van der Waals surface area contributed by atoms with Crippen LogP contribution in [0.15, 0.2) is 23.1 Å². The lowest BCUT2D eigenvalue weighted by atomic mass is 10.4. The summed E-state index contributed by atoms with van der Waals surface area (Å²) in [7, 11) is 0. The first-order valence-electron chi connectivity index (χ1n) is 3.94. The second-order valence-corrected chi connectivity index (χ2v) is 2.75. The van der Waals surface area contributed by atoms with Crippen LogP contribution in [0.4, 0.5) is 4.39 Å². The number of hydrogen-bond acceptors (Lipinski definition) is 3. The number of nitrogens with one attached hydrogen (secondary N) is 1. The Morgan fingerprint density at radius 2 is 2.29 bits per heavy atom. The molecule has 1 N–H and O–H groups in total. The second kappa shape index (κ2) is 3.06. The smallest absolute Gasteiger partial charge is 0.246 e. The van der Waals surface area contributed by atoms with Crippen LogP contribution in [0.3, 0.4) is 0 Å². The van der Waals surface area contributed by atoms with E-state index in [1.165, 1.54) is 22.9 Å². The number of aromatic amines is 1. The molecule has 0 amide bonds. The van der Waals surface area contributed by atoms with E-state index in [9.17, 15) is 9.18 Å². The van der Waals surface area contributed by atoms with Crippen molar-refractivity contribution in [3.8, 4) is 5.69 Å². The maximum Gasteiger partial charge on any atom is 0.347 e. The average molecular weight is 194 g/mol. The molecule has 0 saturated carbocycles. The molecule has 2 heterocycles. The first-order chi connectivity index (χ1) is 6.68. The van der Waals surface area contributed by atoms with Gasteiger partial charge in [-0.05, 0) is 19.1 Å². The van der Waals surface area contributed by atoms with Gasteiger partial charge in [-0.1, -0.05) is 0 Å². The fourth-order valence-corrected chi connectivity index (χ4v) is 1.18. The average Bonchev–Trinajstić information content (AvgIpc) is 2.49. The topological polar surface area (TPSA) is 63.6 Å². The van der Waals surface area contributed by atoms with Crippen LogP contribution < -0.4 is 5.69 Å². The summed E-state index contributed by atoms with van der Waals surface area (Å²) < 4.78 is 13.8. The number of halogens is 1. The molecule has 0 radical (unpaired) electrons. The lowest BCUT2D eigenvalue weighted by Gasteiger charge is -2.00. The Morgan fingerprint density at radius 3 is 2.79 bits per heavy atom. The maximum absolute atomic E-state index is 12.5. The van der Waals surface area contributed by atoms with Crippen molar-refractivity contribution in [3.05, 3.63) is 40.6 Å². The molecule has 0 aliphatic rings. The third-order valence-corrected chi connectivity index (χ3v) is 1.81. The first-order valence-corrected chi connectivity index (χ1v) is 3.94. The molecule has 0 bridgehead atoms. The summed E-state index contributed by atoms with van der Waals surface area (Å²) in [6.45, 7) is 1.67. The molecule has 0 aromatic carbocycles. The summed E-state index contributed by atoms with van der Waals surface area (Å²) in [6.07, 6.45) is 1.28. The summed E-state index contributed by atoms with van der Waals surface area (Å²) in [5.41, 5.74) is 0.124. The fourth-order valence-electron chi connectivity index (χ4n) is 1.18. The standard InChI is InChI=1S/C8H7FN4O/c1-5-11-12-8(14)13(5)6-2-3-7(9)10-4-6/h2-4H,1H3,(H,12,14). The van der Waals surface area contributed by atoms with Crippen molar-refractivity contribution in [2.45, 2.75) is 6.92 Å². The lowest BCUT2D eigenvalue weighted by Crippen LogP contribution is -2.16. The molecule has 6 heteroatoms. The Kier molecular flexibility index (Phi) is 1.88. The number of H-pyrrole nitrogens is 1. The Balaban J connectivity index is 2.60. The van der Waals surface area contributed by atoms with Crippen LogP contribution in [-0.2, 0) is 0 Å². The highest BCUT2D eigenvalue weighted by molar-refractivity contribution is 5.28. The normalized spacial score (nSPS) is 10.4. The minimum Gasteiger partial charge on any atom is -0.246 e. The van der Waals surface area contributed by atoms with E-state index >= 15 is 0 Å². The zero-order chi connectivity index (χ0) is 10.1. The number of aromatic nitrogens is 4. The van der Waals surface area contributed by atoms with Gasteiger partial charge in [-0.25, -0.2) is 19.4 Å².